The van der Waals surface area contributed by atoms with Gasteiger partial charge in [-0.2, -0.15) is 0 Å². The highest BCUT2D eigenvalue weighted by atomic mass is 35.5. The first kappa shape index (κ1) is 46.3. The maximum atomic E-state index is 12.8. The smallest absolute Gasteiger partial charge is 0.272 e. The summed E-state index contributed by atoms with van der Waals surface area (Å²) in [5.74, 6) is -0.644. The molecule has 0 bridgehead atoms. The van der Waals surface area contributed by atoms with Crippen LogP contribution in [0, 0.1) is 0 Å². The van der Waals surface area contributed by atoms with Crippen molar-refractivity contribution in [1.82, 2.24) is 45.9 Å². The first-order chi connectivity index (χ1) is 29.2. The Morgan fingerprint density at radius 2 is 1.21 bits per heavy atom. The quantitative estimate of drug-likeness (QED) is 0.0949. The SMILES string of the molecule is C.CC(C)(C)NC(=O)CCC(=O)Nc1c[nH]c2c(C(=O)NCc3ccc4c(c3)NC(=O)CO4)ncnc12.Cl.Nc1c[nH]c2c(C(=O)NCc3ccc4c(c3)NC(=O)CO4)ncnc12. The van der Waals surface area contributed by atoms with Gasteiger partial charge in [-0.1, -0.05) is 19.6 Å². The first-order valence-corrected chi connectivity index (χ1v) is 18.9. The Labute approximate surface area is 365 Å². The number of anilines is 4. The van der Waals surface area contributed by atoms with Gasteiger partial charge in [0.15, 0.2) is 24.6 Å². The lowest BCUT2D eigenvalue weighted by molar-refractivity contribution is -0.125. The summed E-state index contributed by atoms with van der Waals surface area (Å²) in [5, 5.41) is 16.6. The van der Waals surface area contributed by atoms with Crippen LogP contribution in [0.25, 0.3) is 22.1 Å². The second-order valence-corrected chi connectivity index (χ2v) is 14.9. The highest BCUT2D eigenvalue weighted by Crippen LogP contribution is 2.30. The van der Waals surface area contributed by atoms with Crippen molar-refractivity contribution in [2.24, 2.45) is 0 Å². The number of nitrogen functional groups attached to an aromatic ring is 1. The molecule has 8 rings (SSSR count). The molecule has 4 aromatic heterocycles. The van der Waals surface area contributed by atoms with Crippen LogP contribution >= 0.6 is 12.4 Å². The Bertz CT molecular complexity index is 2710. The minimum Gasteiger partial charge on any atom is -0.482 e. The van der Waals surface area contributed by atoms with E-state index in [-0.39, 0.29) is 105 Å². The van der Waals surface area contributed by atoms with E-state index in [1.54, 1.807) is 36.5 Å². The van der Waals surface area contributed by atoms with Crippen LogP contribution in [0.5, 0.6) is 11.5 Å². The Morgan fingerprint density at radius 3 is 1.75 bits per heavy atom. The van der Waals surface area contributed by atoms with E-state index in [2.05, 4.69) is 61.8 Å². The van der Waals surface area contributed by atoms with Gasteiger partial charge in [0.1, 0.15) is 35.2 Å². The average molecular weight is 884 g/mol. The summed E-state index contributed by atoms with van der Waals surface area (Å²) in [7, 11) is 0. The van der Waals surface area contributed by atoms with Crippen LogP contribution in [-0.2, 0) is 32.3 Å². The lowest BCUT2D eigenvalue weighted by atomic mass is 10.1. The number of hydrogen-bond acceptors (Lipinski definition) is 13. The number of hydrogen-bond donors (Lipinski definition) is 9. The van der Waals surface area contributed by atoms with Gasteiger partial charge in [0.2, 0.25) is 11.8 Å². The van der Waals surface area contributed by atoms with Crippen molar-refractivity contribution in [3.63, 3.8) is 0 Å². The molecule has 0 fully saturated rings. The number of carbonyl (C=O) groups excluding carboxylic acids is 6. The molecule has 0 radical (unpaired) electrons. The third-order valence-electron chi connectivity index (χ3n) is 9.01. The van der Waals surface area contributed by atoms with Crippen molar-refractivity contribution in [1.29, 1.82) is 0 Å². The lowest BCUT2D eigenvalue weighted by Gasteiger charge is -2.20. The summed E-state index contributed by atoms with van der Waals surface area (Å²) in [5.41, 5.74) is 11.0. The lowest BCUT2D eigenvalue weighted by Crippen LogP contribution is -2.40. The Kier molecular flexibility index (Phi) is 14.5. The van der Waals surface area contributed by atoms with Crippen LogP contribution in [0.15, 0.2) is 61.4 Å². The molecule has 2 aliphatic rings. The molecule has 0 saturated carbocycles. The normalized spacial score (nSPS) is 12.5. The van der Waals surface area contributed by atoms with E-state index in [0.29, 0.717) is 56.3 Å². The molecule has 63 heavy (non-hydrogen) atoms. The van der Waals surface area contributed by atoms with Crippen molar-refractivity contribution in [2.45, 2.75) is 59.7 Å². The number of halogens is 1. The predicted octanol–water partition coefficient (Wildman–Crippen LogP) is 3.71. The molecule has 6 aromatic rings. The number of carbonyl (C=O) groups is 6. The van der Waals surface area contributed by atoms with Gasteiger partial charge in [-0.15, -0.1) is 12.4 Å². The molecule has 0 unspecified atom stereocenters. The van der Waals surface area contributed by atoms with Crippen molar-refractivity contribution >= 4 is 92.7 Å². The highest BCUT2D eigenvalue weighted by Gasteiger charge is 2.21. The summed E-state index contributed by atoms with van der Waals surface area (Å²) in [6, 6.07) is 10.6. The molecule has 0 aliphatic carbocycles. The van der Waals surface area contributed by atoms with Gasteiger partial charge >= 0.3 is 0 Å². The fourth-order valence-electron chi connectivity index (χ4n) is 6.27. The third kappa shape index (κ3) is 11.3. The standard InChI is InChI=1S/C24H27N7O5.C16H14N6O3.CH4.ClH/c1-24(2,3)31-18(33)7-6-17(32)30-15-10-25-21-20(15)27-12-28-22(21)23(35)26-9-13-4-5-16-14(8-13)29-19(34)11-36-16;17-9-5-18-14-13(9)20-7-21-15(14)16(24)19-4-8-1-2-11-10(3-8)22-12(23)6-25-11;;/h4-5,8,10,12,25H,6-7,9,11H2,1-3H3,(H,26,35)(H,29,34)(H,30,32)(H,31,33);1-3,5,7,18H,4,6,17H2,(H,19,24)(H,22,23);1H4;1H. The molecule has 0 spiro atoms. The van der Waals surface area contributed by atoms with Crippen LogP contribution in [0.1, 0.15) is 73.1 Å². The number of nitrogens with zero attached hydrogens (tertiary/aromatic N) is 4. The molecule has 22 heteroatoms. The van der Waals surface area contributed by atoms with Gasteiger partial charge < -0.3 is 57.1 Å². The second kappa shape index (κ2) is 19.7. The first-order valence-electron chi connectivity index (χ1n) is 18.9. The molecule has 2 aliphatic heterocycles. The number of aromatic amines is 2. The van der Waals surface area contributed by atoms with E-state index < -0.39 is 5.91 Å². The molecule has 10 N–H and O–H groups in total. The Hall–Kier alpha value is -7.81. The monoisotopic (exact) mass is 883 g/mol. The van der Waals surface area contributed by atoms with Crippen molar-refractivity contribution in [2.75, 3.05) is 34.9 Å². The Balaban J connectivity index is 0.000000244. The molecule has 0 saturated heterocycles. The number of ether oxygens (including phenoxy) is 2. The van der Waals surface area contributed by atoms with Crippen molar-refractivity contribution < 1.29 is 38.2 Å². The topological polar surface area (TPSA) is 302 Å². The summed E-state index contributed by atoms with van der Waals surface area (Å²) in [6.45, 7) is 6.03. The van der Waals surface area contributed by atoms with Gasteiger partial charge in [0.05, 0.1) is 33.8 Å². The number of H-pyrrole nitrogens is 2. The minimum absolute atomic E-state index is 0. The summed E-state index contributed by atoms with van der Waals surface area (Å²) >= 11 is 0. The van der Waals surface area contributed by atoms with E-state index >= 15 is 0 Å². The van der Waals surface area contributed by atoms with E-state index in [9.17, 15) is 28.8 Å². The Morgan fingerprint density at radius 1 is 0.714 bits per heavy atom. The van der Waals surface area contributed by atoms with Gasteiger partial charge in [0.25, 0.3) is 23.6 Å². The van der Waals surface area contributed by atoms with E-state index in [1.165, 1.54) is 18.9 Å². The van der Waals surface area contributed by atoms with E-state index in [4.69, 9.17) is 15.2 Å². The van der Waals surface area contributed by atoms with E-state index in [1.807, 2.05) is 26.8 Å². The molecule has 21 nitrogen and oxygen atoms in total. The number of nitrogens with one attached hydrogen (secondary N) is 8. The van der Waals surface area contributed by atoms with Crippen LogP contribution in [0.2, 0.25) is 0 Å². The summed E-state index contributed by atoms with van der Waals surface area (Å²) in [6.07, 6.45) is 5.68. The minimum atomic E-state index is -0.445. The summed E-state index contributed by atoms with van der Waals surface area (Å²) in [4.78, 5) is 94.7. The zero-order chi connectivity index (χ0) is 43.3. The van der Waals surface area contributed by atoms with Gasteiger partial charge in [-0.3, -0.25) is 28.8 Å². The number of benzene rings is 2. The number of aromatic nitrogens is 6. The summed E-state index contributed by atoms with van der Waals surface area (Å²) < 4.78 is 10.6. The zero-order valence-electron chi connectivity index (χ0n) is 33.6. The van der Waals surface area contributed by atoms with Gasteiger partial charge in [-0.25, -0.2) is 19.9 Å². The van der Waals surface area contributed by atoms with Crippen LogP contribution in [0.4, 0.5) is 22.7 Å². The molecule has 2 aromatic carbocycles. The molecule has 330 valence electrons. The second-order valence-electron chi connectivity index (χ2n) is 14.9. The maximum Gasteiger partial charge on any atom is 0.272 e. The molecular weight excluding hydrogens is 838 g/mol. The van der Waals surface area contributed by atoms with Crippen molar-refractivity contribution in [3.8, 4) is 11.5 Å². The number of amides is 6. The maximum absolute atomic E-state index is 12.8. The van der Waals surface area contributed by atoms with Crippen LogP contribution < -0.4 is 47.1 Å². The van der Waals surface area contributed by atoms with Crippen LogP contribution in [0.3, 0.4) is 0 Å². The molecule has 6 amide bonds. The molecular formula is C41H46ClN13O8. The fourth-order valence-corrected chi connectivity index (χ4v) is 6.27. The zero-order valence-corrected chi connectivity index (χ0v) is 34.4. The number of nitrogens with two attached hydrogens (primary N) is 1. The largest absolute Gasteiger partial charge is 0.482 e. The van der Waals surface area contributed by atoms with Crippen molar-refractivity contribution in [3.05, 3.63) is 84.0 Å². The van der Waals surface area contributed by atoms with Gasteiger partial charge in [-0.05, 0) is 56.2 Å². The highest BCUT2D eigenvalue weighted by molar-refractivity contribution is 6.08. The fraction of sp³-hybridized carbons (Fsp3) is 0.268. The van der Waals surface area contributed by atoms with Crippen LogP contribution in [-0.4, -0.2) is 84.1 Å². The average Bonchev–Trinajstić information content (AvgIpc) is 3.83. The number of rotatable bonds is 10. The molecule has 0 atom stereocenters. The molecule has 6 heterocycles. The number of fused-ring (bicyclic) bond motifs is 4. The van der Waals surface area contributed by atoms with Gasteiger partial charge in [0, 0.05) is 43.9 Å². The predicted molar refractivity (Wildman–Crippen MR) is 235 cm³/mol. The third-order valence-corrected chi connectivity index (χ3v) is 9.01. The van der Waals surface area contributed by atoms with E-state index in [0.717, 1.165) is 11.1 Å².